The first-order chi connectivity index (χ1) is 12.3. The Hall–Kier alpha value is -0.860. The minimum atomic E-state index is 0. The third-order valence-corrected chi connectivity index (χ3v) is 4.52. The van der Waals surface area contributed by atoms with Crippen LogP contribution in [-0.2, 0) is 16.1 Å². The van der Waals surface area contributed by atoms with E-state index in [1.807, 2.05) is 18.2 Å². The molecule has 0 bridgehead atoms. The molecule has 1 aromatic rings. The Morgan fingerprint density at radius 3 is 2.69 bits per heavy atom. The predicted molar refractivity (Wildman–Crippen MR) is 118 cm³/mol. The van der Waals surface area contributed by atoms with E-state index in [9.17, 15) is 0 Å². The van der Waals surface area contributed by atoms with Crippen LogP contribution in [0.15, 0.2) is 35.3 Å². The van der Waals surface area contributed by atoms with Gasteiger partial charge in [0.2, 0.25) is 0 Å². The summed E-state index contributed by atoms with van der Waals surface area (Å²) in [6.45, 7) is 7.81. The van der Waals surface area contributed by atoms with E-state index in [0.29, 0.717) is 19.8 Å². The third-order valence-electron chi connectivity index (χ3n) is 4.52. The van der Waals surface area contributed by atoms with E-state index in [0.717, 1.165) is 38.2 Å². The van der Waals surface area contributed by atoms with Gasteiger partial charge in [0.1, 0.15) is 0 Å². The smallest absolute Gasteiger partial charge is 0.193 e. The quantitative estimate of drug-likeness (QED) is 0.257. The summed E-state index contributed by atoms with van der Waals surface area (Å²) in [5.74, 6) is 1.76. The Kier molecular flexibility index (Phi) is 12.7. The lowest BCUT2D eigenvalue weighted by Crippen LogP contribution is -2.40. The molecule has 26 heavy (non-hydrogen) atoms. The Bertz CT molecular complexity index is 493. The van der Waals surface area contributed by atoms with Crippen LogP contribution in [0.3, 0.4) is 0 Å². The fourth-order valence-electron chi connectivity index (χ4n) is 2.97. The van der Waals surface area contributed by atoms with Crippen LogP contribution in [0.4, 0.5) is 0 Å². The van der Waals surface area contributed by atoms with Gasteiger partial charge in [0.25, 0.3) is 0 Å². The second-order valence-electron chi connectivity index (χ2n) is 6.54. The minimum Gasteiger partial charge on any atom is -0.381 e. The molecule has 1 heterocycles. The average Bonchev–Trinajstić information content (AvgIpc) is 2.66. The van der Waals surface area contributed by atoms with Crippen molar-refractivity contribution >= 4 is 29.9 Å². The molecule has 1 fully saturated rings. The maximum absolute atomic E-state index is 5.72. The number of nitrogens with zero attached hydrogens (tertiary/aromatic N) is 2. The monoisotopic (exact) mass is 475 g/mol. The van der Waals surface area contributed by atoms with Crippen molar-refractivity contribution in [3.63, 3.8) is 0 Å². The molecule has 0 radical (unpaired) electrons. The first kappa shape index (κ1) is 23.2. The van der Waals surface area contributed by atoms with E-state index in [1.54, 1.807) is 0 Å². The molecule has 5 nitrogen and oxygen atoms in total. The molecule has 1 aliphatic rings. The van der Waals surface area contributed by atoms with Crippen molar-refractivity contribution < 1.29 is 9.47 Å². The zero-order valence-electron chi connectivity index (χ0n) is 16.2. The molecular formula is C20H34IN3O2. The number of benzene rings is 1. The molecule has 1 aromatic carbocycles. The molecular weight excluding hydrogens is 441 g/mol. The molecule has 1 N–H and O–H groups in total. The largest absolute Gasteiger partial charge is 0.381 e. The molecule has 0 atom stereocenters. The van der Waals surface area contributed by atoms with Gasteiger partial charge in [-0.15, -0.1) is 24.0 Å². The lowest BCUT2D eigenvalue weighted by Gasteiger charge is -2.26. The zero-order chi connectivity index (χ0) is 17.7. The molecule has 1 aliphatic heterocycles. The second kappa shape index (κ2) is 14.2. The van der Waals surface area contributed by atoms with Crippen molar-refractivity contribution in [3.8, 4) is 0 Å². The van der Waals surface area contributed by atoms with E-state index >= 15 is 0 Å². The molecule has 0 aromatic heterocycles. The lowest BCUT2D eigenvalue weighted by molar-refractivity contribution is 0.0625. The van der Waals surface area contributed by atoms with Gasteiger partial charge < -0.3 is 19.7 Å². The number of hydrogen-bond acceptors (Lipinski definition) is 3. The normalized spacial score (nSPS) is 15.4. The molecule has 0 saturated carbocycles. The van der Waals surface area contributed by atoms with Crippen molar-refractivity contribution in [2.75, 3.05) is 46.5 Å². The highest BCUT2D eigenvalue weighted by atomic mass is 127. The van der Waals surface area contributed by atoms with Crippen LogP contribution in [0.1, 0.15) is 31.7 Å². The van der Waals surface area contributed by atoms with Gasteiger partial charge in [0.05, 0.1) is 19.8 Å². The van der Waals surface area contributed by atoms with Gasteiger partial charge >= 0.3 is 0 Å². The number of hydrogen-bond donors (Lipinski definition) is 1. The van der Waals surface area contributed by atoms with E-state index in [4.69, 9.17) is 14.5 Å². The Labute approximate surface area is 175 Å². The van der Waals surface area contributed by atoms with Crippen LogP contribution in [0.25, 0.3) is 0 Å². The van der Waals surface area contributed by atoms with Gasteiger partial charge in [0.15, 0.2) is 5.96 Å². The van der Waals surface area contributed by atoms with Crippen LogP contribution >= 0.6 is 24.0 Å². The second-order valence-corrected chi connectivity index (χ2v) is 6.54. The van der Waals surface area contributed by atoms with Crippen molar-refractivity contribution in [1.82, 2.24) is 10.2 Å². The Morgan fingerprint density at radius 2 is 2.00 bits per heavy atom. The summed E-state index contributed by atoms with van der Waals surface area (Å²) in [6.07, 6.45) is 3.58. The van der Waals surface area contributed by atoms with Gasteiger partial charge in [-0.1, -0.05) is 30.3 Å². The first-order valence-corrected chi connectivity index (χ1v) is 9.48. The molecule has 2 rings (SSSR count). The maximum Gasteiger partial charge on any atom is 0.193 e. The molecule has 148 valence electrons. The Morgan fingerprint density at radius 1 is 1.27 bits per heavy atom. The van der Waals surface area contributed by atoms with Gasteiger partial charge in [-0.3, -0.25) is 4.99 Å². The molecule has 6 heteroatoms. The SMILES string of the molecule is CCNC(=NCCOCc1ccccc1)N(C)CCC1CCOCC1.I. The summed E-state index contributed by atoms with van der Waals surface area (Å²) in [5, 5.41) is 3.37. The van der Waals surface area contributed by atoms with Crippen LogP contribution in [0.5, 0.6) is 0 Å². The van der Waals surface area contributed by atoms with Crippen molar-refractivity contribution in [3.05, 3.63) is 35.9 Å². The van der Waals surface area contributed by atoms with E-state index in [-0.39, 0.29) is 24.0 Å². The molecule has 0 amide bonds. The zero-order valence-corrected chi connectivity index (χ0v) is 18.5. The van der Waals surface area contributed by atoms with Gasteiger partial charge in [-0.2, -0.15) is 0 Å². The van der Waals surface area contributed by atoms with Crippen molar-refractivity contribution in [2.45, 2.75) is 32.8 Å². The van der Waals surface area contributed by atoms with E-state index in [1.165, 1.54) is 24.8 Å². The van der Waals surface area contributed by atoms with Crippen LogP contribution in [0.2, 0.25) is 0 Å². The van der Waals surface area contributed by atoms with Crippen molar-refractivity contribution in [1.29, 1.82) is 0 Å². The van der Waals surface area contributed by atoms with Crippen LogP contribution in [0, 0.1) is 5.92 Å². The third kappa shape index (κ3) is 9.19. The number of ether oxygens (including phenoxy) is 2. The average molecular weight is 475 g/mol. The minimum absolute atomic E-state index is 0. The molecule has 0 aliphatic carbocycles. The summed E-state index contributed by atoms with van der Waals surface area (Å²) in [6, 6.07) is 10.3. The lowest BCUT2D eigenvalue weighted by atomic mass is 9.96. The highest BCUT2D eigenvalue weighted by Gasteiger charge is 2.15. The Balaban J connectivity index is 0.00000338. The summed E-state index contributed by atoms with van der Waals surface area (Å²) >= 11 is 0. The van der Waals surface area contributed by atoms with Crippen LogP contribution in [-0.4, -0.2) is 57.4 Å². The number of nitrogens with one attached hydrogen (secondary N) is 1. The summed E-state index contributed by atoms with van der Waals surface area (Å²) in [4.78, 5) is 6.92. The van der Waals surface area contributed by atoms with Gasteiger partial charge in [-0.05, 0) is 37.7 Å². The highest BCUT2D eigenvalue weighted by Crippen LogP contribution is 2.18. The first-order valence-electron chi connectivity index (χ1n) is 9.48. The van der Waals surface area contributed by atoms with Gasteiger partial charge in [-0.25, -0.2) is 0 Å². The number of guanidine groups is 1. The predicted octanol–water partition coefficient (Wildman–Crippen LogP) is 3.54. The fourth-order valence-corrected chi connectivity index (χ4v) is 2.97. The van der Waals surface area contributed by atoms with Gasteiger partial charge in [0, 0.05) is 33.4 Å². The number of aliphatic imine (C=N–C) groups is 1. The van der Waals surface area contributed by atoms with E-state index in [2.05, 4.69) is 36.3 Å². The summed E-state index contributed by atoms with van der Waals surface area (Å²) in [7, 11) is 2.12. The number of rotatable bonds is 9. The molecule has 1 saturated heterocycles. The van der Waals surface area contributed by atoms with E-state index < -0.39 is 0 Å². The maximum atomic E-state index is 5.72. The summed E-state index contributed by atoms with van der Waals surface area (Å²) in [5.41, 5.74) is 1.20. The topological polar surface area (TPSA) is 46.1 Å². The molecule has 0 spiro atoms. The molecule has 0 unspecified atom stereocenters. The fraction of sp³-hybridized carbons (Fsp3) is 0.650. The number of halogens is 1. The summed E-state index contributed by atoms with van der Waals surface area (Å²) < 4.78 is 11.2. The van der Waals surface area contributed by atoms with Crippen molar-refractivity contribution in [2.24, 2.45) is 10.9 Å². The standard InChI is InChI=1S/C20H33N3O2.HI/c1-3-21-20(23(2)13-9-18-10-14-24-15-11-18)22-12-16-25-17-19-7-5-4-6-8-19;/h4-8,18H,3,9-17H2,1-2H3,(H,21,22);1H. The highest BCUT2D eigenvalue weighted by molar-refractivity contribution is 14.0. The van der Waals surface area contributed by atoms with Crippen LogP contribution < -0.4 is 5.32 Å².